The molecule has 1 atom stereocenters. The Hall–Kier alpha value is -3.70. The van der Waals surface area contributed by atoms with Crippen LogP contribution in [0.4, 0.5) is 15.9 Å². The van der Waals surface area contributed by atoms with E-state index in [1.807, 2.05) is 0 Å². The summed E-state index contributed by atoms with van der Waals surface area (Å²) >= 11 is 0. The molecular weight excluding hydrogens is 419 g/mol. The first-order valence-corrected chi connectivity index (χ1v) is 11.1. The number of halogens is 1. The number of anilines is 2. The Morgan fingerprint density at radius 2 is 2.12 bits per heavy atom. The molecular formula is C25H23FN6O. The van der Waals surface area contributed by atoms with Crippen LogP contribution in [0.15, 0.2) is 36.4 Å². The SMILES string of the molecule is CNc1cc(F)cc2c1Cc1nc(Oc3cccc(C#N)c3)nc(N3CC(N)C4(CC4)C3)c1-2. The highest BCUT2D eigenvalue weighted by atomic mass is 19.1. The van der Waals surface area contributed by atoms with Crippen molar-refractivity contribution >= 4 is 11.5 Å². The number of rotatable bonds is 4. The maximum absolute atomic E-state index is 14.5. The summed E-state index contributed by atoms with van der Waals surface area (Å²) < 4.78 is 20.5. The minimum absolute atomic E-state index is 0.0843. The molecule has 2 fully saturated rings. The number of nitriles is 1. The minimum Gasteiger partial charge on any atom is -0.424 e. The molecule has 166 valence electrons. The third-order valence-electron chi connectivity index (χ3n) is 7.12. The third kappa shape index (κ3) is 3.19. The smallest absolute Gasteiger partial charge is 0.324 e. The number of benzene rings is 2. The van der Waals surface area contributed by atoms with Crippen molar-refractivity contribution in [2.75, 3.05) is 30.4 Å². The van der Waals surface area contributed by atoms with Crippen molar-refractivity contribution in [3.63, 3.8) is 0 Å². The first kappa shape index (κ1) is 19.9. The summed E-state index contributed by atoms with van der Waals surface area (Å²) in [5.41, 5.74) is 11.3. The molecule has 1 aromatic heterocycles. The Kier molecular flexibility index (Phi) is 4.32. The van der Waals surface area contributed by atoms with Crippen LogP contribution in [-0.4, -0.2) is 36.1 Å². The highest BCUT2D eigenvalue weighted by Crippen LogP contribution is 2.54. The van der Waals surface area contributed by atoms with E-state index in [0.29, 0.717) is 24.3 Å². The lowest BCUT2D eigenvalue weighted by atomic mass is 10.0. The van der Waals surface area contributed by atoms with Crippen LogP contribution >= 0.6 is 0 Å². The van der Waals surface area contributed by atoms with Gasteiger partial charge in [-0.05, 0) is 54.3 Å². The van der Waals surface area contributed by atoms with Gasteiger partial charge in [0.1, 0.15) is 17.4 Å². The van der Waals surface area contributed by atoms with Gasteiger partial charge in [-0.15, -0.1) is 0 Å². The third-order valence-corrected chi connectivity index (χ3v) is 7.12. The fourth-order valence-electron chi connectivity index (χ4n) is 5.17. The zero-order valence-corrected chi connectivity index (χ0v) is 18.2. The quantitative estimate of drug-likeness (QED) is 0.496. The van der Waals surface area contributed by atoms with Crippen LogP contribution in [0.3, 0.4) is 0 Å². The van der Waals surface area contributed by atoms with Crippen LogP contribution in [0.1, 0.15) is 29.7 Å². The van der Waals surface area contributed by atoms with Crippen LogP contribution in [0.5, 0.6) is 11.8 Å². The molecule has 8 heteroatoms. The molecule has 2 aromatic carbocycles. The van der Waals surface area contributed by atoms with Crippen LogP contribution in [0, 0.1) is 22.6 Å². The molecule has 0 radical (unpaired) electrons. The number of hydrogen-bond acceptors (Lipinski definition) is 7. The summed E-state index contributed by atoms with van der Waals surface area (Å²) in [4.78, 5) is 11.7. The first-order valence-electron chi connectivity index (χ1n) is 11.1. The zero-order chi connectivity index (χ0) is 22.7. The molecule has 1 saturated heterocycles. The zero-order valence-electron chi connectivity index (χ0n) is 18.2. The van der Waals surface area contributed by atoms with Gasteiger partial charge in [0.2, 0.25) is 0 Å². The van der Waals surface area contributed by atoms with Gasteiger partial charge in [-0.2, -0.15) is 15.2 Å². The highest BCUT2D eigenvalue weighted by molar-refractivity contribution is 5.88. The number of hydrogen-bond donors (Lipinski definition) is 2. The van der Waals surface area contributed by atoms with Crippen molar-refractivity contribution in [1.29, 1.82) is 5.26 Å². The molecule has 3 N–H and O–H groups in total. The second-order valence-electron chi connectivity index (χ2n) is 9.15. The number of nitrogens with one attached hydrogen (secondary N) is 1. The van der Waals surface area contributed by atoms with Crippen LogP contribution < -0.4 is 20.7 Å². The molecule has 3 aliphatic rings. The van der Waals surface area contributed by atoms with Crippen LogP contribution in [0.25, 0.3) is 11.1 Å². The van der Waals surface area contributed by atoms with E-state index < -0.39 is 0 Å². The van der Waals surface area contributed by atoms with Gasteiger partial charge >= 0.3 is 6.01 Å². The van der Waals surface area contributed by atoms with Crippen molar-refractivity contribution in [3.8, 4) is 29.0 Å². The maximum atomic E-state index is 14.5. The summed E-state index contributed by atoms with van der Waals surface area (Å²) in [7, 11) is 1.79. The van der Waals surface area contributed by atoms with Gasteiger partial charge < -0.3 is 20.7 Å². The lowest BCUT2D eigenvalue weighted by molar-refractivity contribution is 0.440. The van der Waals surface area contributed by atoms with Crippen molar-refractivity contribution in [2.24, 2.45) is 11.1 Å². The summed E-state index contributed by atoms with van der Waals surface area (Å²) in [6.07, 6.45) is 2.80. The Labute approximate surface area is 191 Å². The van der Waals surface area contributed by atoms with E-state index in [-0.39, 0.29) is 23.3 Å². The number of nitrogens with zero attached hydrogens (tertiary/aromatic N) is 4. The molecule has 2 heterocycles. The van der Waals surface area contributed by atoms with Gasteiger partial charge in [0.05, 0.1) is 17.3 Å². The Morgan fingerprint density at radius 1 is 1.27 bits per heavy atom. The molecule has 1 unspecified atom stereocenters. The lowest BCUT2D eigenvalue weighted by Crippen LogP contribution is -2.30. The standard InChI is InChI=1S/C25H23FN6O/c1-29-19-9-15(26)8-18-17(19)10-20-22(18)23(32-12-21(28)25(13-32)5-6-25)31-24(30-20)33-16-4-2-3-14(7-16)11-27/h2-4,7-9,21,29H,5-6,10,12-13,28H2,1H3. The normalized spacial score (nSPS) is 19.2. The molecule has 0 bridgehead atoms. The molecule has 1 saturated carbocycles. The van der Waals surface area contributed by atoms with E-state index in [1.165, 1.54) is 6.07 Å². The largest absolute Gasteiger partial charge is 0.424 e. The number of nitrogens with two attached hydrogens (primary N) is 1. The van der Waals surface area contributed by atoms with Gasteiger partial charge in [-0.1, -0.05) is 6.07 Å². The van der Waals surface area contributed by atoms with Gasteiger partial charge in [-0.3, -0.25) is 0 Å². The highest BCUT2D eigenvalue weighted by Gasteiger charge is 2.54. The van der Waals surface area contributed by atoms with Crippen molar-refractivity contribution in [3.05, 3.63) is 59.0 Å². The number of fused-ring (bicyclic) bond motifs is 3. The number of ether oxygens (including phenoxy) is 1. The lowest BCUT2D eigenvalue weighted by Gasteiger charge is -2.21. The average Bonchev–Trinajstić information content (AvgIpc) is 3.40. The molecule has 7 nitrogen and oxygen atoms in total. The number of aromatic nitrogens is 2. The van der Waals surface area contributed by atoms with Gasteiger partial charge in [-0.25, -0.2) is 4.39 Å². The van der Waals surface area contributed by atoms with Crippen LogP contribution in [-0.2, 0) is 6.42 Å². The molecule has 6 rings (SSSR count). The predicted octanol–water partition coefficient (Wildman–Crippen LogP) is 3.82. The summed E-state index contributed by atoms with van der Waals surface area (Å²) in [6, 6.07) is 12.4. The molecule has 1 aliphatic heterocycles. The average molecular weight is 442 g/mol. The molecule has 33 heavy (non-hydrogen) atoms. The van der Waals surface area contributed by atoms with E-state index in [9.17, 15) is 9.65 Å². The van der Waals surface area contributed by atoms with E-state index >= 15 is 0 Å². The van der Waals surface area contributed by atoms with E-state index in [2.05, 4.69) is 16.3 Å². The van der Waals surface area contributed by atoms with Gasteiger partial charge in [0.25, 0.3) is 0 Å². The second kappa shape index (κ2) is 7.15. The molecule has 2 aliphatic carbocycles. The van der Waals surface area contributed by atoms with Crippen molar-refractivity contribution < 1.29 is 9.13 Å². The Bertz CT molecular complexity index is 1330. The first-order chi connectivity index (χ1) is 16.0. The maximum Gasteiger partial charge on any atom is 0.324 e. The van der Waals surface area contributed by atoms with Crippen molar-refractivity contribution in [1.82, 2.24) is 9.97 Å². The van der Waals surface area contributed by atoms with E-state index in [1.54, 1.807) is 37.4 Å². The minimum atomic E-state index is -0.303. The van der Waals surface area contributed by atoms with Gasteiger partial charge in [0, 0.05) is 49.3 Å². The Balaban J connectivity index is 1.48. The molecule has 1 spiro atoms. The van der Waals surface area contributed by atoms with E-state index in [0.717, 1.165) is 53.3 Å². The van der Waals surface area contributed by atoms with E-state index in [4.69, 9.17) is 20.4 Å². The van der Waals surface area contributed by atoms with Gasteiger partial charge in [0.15, 0.2) is 0 Å². The molecule has 3 aromatic rings. The van der Waals surface area contributed by atoms with Crippen molar-refractivity contribution in [2.45, 2.75) is 25.3 Å². The second-order valence-corrected chi connectivity index (χ2v) is 9.15. The molecule has 0 amide bonds. The fourth-order valence-corrected chi connectivity index (χ4v) is 5.17. The topological polar surface area (TPSA) is 100 Å². The predicted molar refractivity (Wildman–Crippen MR) is 123 cm³/mol. The Morgan fingerprint density at radius 3 is 2.85 bits per heavy atom. The summed E-state index contributed by atoms with van der Waals surface area (Å²) in [6.45, 7) is 1.51. The summed E-state index contributed by atoms with van der Waals surface area (Å²) in [5.74, 6) is 0.925. The fraction of sp³-hybridized carbons (Fsp3) is 0.320. The van der Waals surface area contributed by atoms with Crippen LogP contribution in [0.2, 0.25) is 0 Å². The monoisotopic (exact) mass is 442 g/mol. The summed E-state index contributed by atoms with van der Waals surface area (Å²) in [5, 5.41) is 12.3.